The van der Waals surface area contributed by atoms with Gasteiger partial charge in [-0.15, -0.1) is 5.06 Å². The fourth-order valence-corrected chi connectivity index (χ4v) is 6.65. The number of imide groups is 1. The van der Waals surface area contributed by atoms with E-state index in [1.165, 1.54) is 12.1 Å². The Bertz CT molecular complexity index is 2390. The molecule has 5 rings (SSSR count). The lowest BCUT2D eigenvalue weighted by atomic mass is 9.88. The number of aryl methyl sites for hydroxylation is 2. The lowest BCUT2D eigenvalue weighted by molar-refractivity contribution is -0.197. The number of hydroxylamine groups is 2. The van der Waals surface area contributed by atoms with E-state index in [1.807, 2.05) is 45.9 Å². The third kappa shape index (κ3) is 9.38. The fourth-order valence-electron chi connectivity index (χ4n) is 6.29. The Kier molecular flexibility index (Phi) is 12.5. The number of carboxylic acids is 1. The monoisotopic (exact) mass is 791 g/mol. The van der Waals surface area contributed by atoms with Gasteiger partial charge in [-0.1, -0.05) is 6.07 Å². The van der Waals surface area contributed by atoms with Gasteiger partial charge in [0.05, 0.1) is 23.1 Å². The molecular formula is C38H41N5O12S. The van der Waals surface area contributed by atoms with Crippen LogP contribution in [0, 0.1) is 13.8 Å². The predicted molar refractivity (Wildman–Crippen MR) is 202 cm³/mol. The zero-order valence-electron chi connectivity index (χ0n) is 31.1. The number of hydrogen-bond acceptors (Lipinski definition) is 12. The molecule has 2 aliphatic heterocycles. The van der Waals surface area contributed by atoms with E-state index in [9.17, 15) is 42.3 Å². The van der Waals surface area contributed by atoms with Gasteiger partial charge in [0.15, 0.2) is 0 Å². The zero-order valence-corrected chi connectivity index (χ0v) is 31.9. The molecule has 17 nitrogen and oxygen atoms in total. The van der Waals surface area contributed by atoms with Crippen molar-refractivity contribution in [1.29, 1.82) is 0 Å². The summed E-state index contributed by atoms with van der Waals surface area (Å²) in [5, 5.41) is 20.2. The maximum atomic E-state index is 13.7. The highest BCUT2D eigenvalue weighted by molar-refractivity contribution is 7.85. The van der Waals surface area contributed by atoms with E-state index in [0.29, 0.717) is 51.4 Å². The van der Waals surface area contributed by atoms with Crippen LogP contribution in [0.2, 0.25) is 0 Å². The lowest BCUT2D eigenvalue weighted by Gasteiger charge is -2.21. The second-order valence-corrected chi connectivity index (χ2v) is 14.6. The van der Waals surface area contributed by atoms with Crippen LogP contribution < -0.4 is 21.3 Å². The maximum absolute atomic E-state index is 13.7. The smallest absolute Gasteiger partial charge is 0.336 e. The first-order valence-electron chi connectivity index (χ1n) is 17.7. The number of nitrogens with zero attached hydrogens (tertiary/aromatic N) is 2. The molecule has 296 valence electrons. The number of carboxylic acid groups (broad SMARTS) is 1. The summed E-state index contributed by atoms with van der Waals surface area (Å²) in [6, 6.07) is 9.88. The highest BCUT2D eigenvalue weighted by Crippen LogP contribution is 2.43. The molecular weight excluding hydrogens is 751 g/mol. The third-order valence-corrected chi connectivity index (χ3v) is 9.70. The van der Waals surface area contributed by atoms with Gasteiger partial charge in [-0.2, -0.15) is 8.42 Å². The number of anilines is 1. The molecule has 1 fully saturated rings. The summed E-state index contributed by atoms with van der Waals surface area (Å²) in [5.41, 5.74) is 3.98. The Morgan fingerprint density at radius 2 is 1.70 bits per heavy atom. The van der Waals surface area contributed by atoms with Gasteiger partial charge in [0.1, 0.15) is 17.4 Å². The zero-order chi connectivity index (χ0) is 40.9. The number of benzene rings is 3. The minimum atomic E-state index is -4.46. The number of aromatic carboxylic acids is 1. The van der Waals surface area contributed by atoms with Crippen LogP contribution in [0.25, 0.3) is 33.4 Å². The van der Waals surface area contributed by atoms with Crippen molar-refractivity contribution in [2.75, 3.05) is 30.7 Å². The molecule has 1 unspecified atom stereocenters. The molecule has 2 aromatic rings. The second kappa shape index (κ2) is 17.1. The Morgan fingerprint density at radius 3 is 2.34 bits per heavy atom. The summed E-state index contributed by atoms with van der Waals surface area (Å²) in [4.78, 5) is 85.4. The standard InChI is InChI=1S/C38H41N5O12S/c1-5-39-28-18-30-25(15-20(28)3)35(26-16-21(4)29(40-6-2)19-31(26)54-30)23-8-7-22(17-24(23)38(49)50)36(47)42-27(37(48)41-13-14-56(51,52)53)9-12-34(46)55-43-32(44)10-11-33(43)45/h7-8,15-19,27,39H,5-6,9-14H2,1-4H3,(H,41,48)(H,42,47)(H,49,50)(H,51,52,53). The van der Waals surface area contributed by atoms with E-state index in [-0.39, 0.29) is 29.5 Å². The molecule has 0 bridgehead atoms. The Morgan fingerprint density at radius 1 is 0.982 bits per heavy atom. The van der Waals surface area contributed by atoms with Crippen LogP contribution in [-0.4, -0.2) is 90.1 Å². The SMILES string of the molecule is CCN=c1cc2oc3cc(NCC)c(C)cc3c(-c3ccc(C(=O)NC(CCC(=O)ON4C(=O)CCC4=O)C(=O)NCCS(=O)(=O)O)cc3C(=O)O)c-2cc1C. The van der Waals surface area contributed by atoms with Crippen molar-refractivity contribution >= 4 is 62.3 Å². The minimum absolute atomic E-state index is 0.142. The van der Waals surface area contributed by atoms with E-state index in [1.54, 1.807) is 6.07 Å². The normalized spacial score (nSPS) is 13.9. The molecule has 0 aromatic heterocycles. The van der Waals surface area contributed by atoms with E-state index >= 15 is 0 Å². The molecule has 0 saturated carbocycles. The number of amides is 4. The molecule has 4 amide bonds. The molecule has 1 atom stereocenters. The summed E-state index contributed by atoms with van der Waals surface area (Å²) >= 11 is 0. The quantitative estimate of drug-likeness (QED) is 0.0659. The largest absolute Gasteiger partial charge is 0.478 e. The van der Waals surface area contributed by atoms with Gasteiger partial charge in [0, 0.05) is 72.4 Å². The first-order valence-corrected chi connectivity index (χ1v) is 19.4. The lowest BCUT2D eigenvalue weighted by Crippen LogP contribution is -2.48. The van der Waals surface area contributed by atoms with Gasteiger partial charge in [-0.3, -0.25) is 28.7 Å². The van der Waals surface area contributed by atoms with E-state index in [0.717, 1.165) is 22.9 Å². The van der Waals surface area contributed by atoms with Crippen molar-refractivity contribution in [2.45, 2.75) is 59.4 Å². The summed E-state index contributed by atoms with van der Waals surface area (Å²) in [6.07, 6.45) is -1.30. The number of hydrogen-bond donors (Lipinski definition) is 5. The van der Waals surface area contributed by atoms with Crippen molar-refractivity contribution in [3.05, 3.63) is 70.1 Å². The van der Waals surface area contributed by atoms with Crippen molar-refractivity contribution in [2.24, 2.45) is 4.99 Å². The number of rotatable bonds is 15. The third-order valence-electron chi connectivity index (χ3n) is 8.98. The van der Waals surface area contributed by atoms with Crippen LogP contribution in [0.15, 0.2) is 51.9 Å². The van der Waals surface area contributed by atoms with Gasteiger partial charge >= 0.3 is 11.9 Å². The number of fused-ring (bicyclic) bond motifs is 2. The topological polar surface area (TPSA) is 251 Å². The summed E-state index contributed by atoms with van der Waals surface area (Å²) in [5.74, 6) is -6.12. The highest BCUT2D eigenvalue weighted by Gasteiger charge is 2.33. The van der Waals surface area contributed by atoms with Gasteiger partial charge in [0.2, 0.25) is 5.91 Å². The second-order valence-electron chi connectivity index (χ2n) is 13.0. The maximum Gasteiger partial charge on any atom is 0.336 e. The molecule has 0 spiro atoms. The van der Waals surface area contributed by atoms with Crippen molar-refractivity contribution in [1.82, 2.24) is 15.7 Å². The Balaban J connectivity index is 1.53. The first-order chi connectivity index (χ1) is 26.5. The fraction of sp³-hybridized carbons (Fsp3) is 0.342. The Labute approximate surface area is 321 Å². The average Bonchev–Trinajstić information content (AvgIpc) is 3.44. The molecule has 56 heavy (non-hydrogen) atoms. The Hall–Kier alpha value is -6.14. The van der Waals surface area contributed by atoms with Crippen LogP contribution >= 0.6 is 0 Å². The molecule has 5 N–H and O–H groups in total. The van der Waals surface area contributed by atoms with Crippen molar-refractivity contribution < 1.29 is 56.1 Å². The molecule has 18 heteroatoms. The van der Waals surface area contributed by atoms with Crippen LogP contribution in [0.4, 0.5) is 5.69 Å². The molecule has 0 radical (unpaired) electrons. The van der Waals surface area contributed by atoms with Crippen molar-refractivity contribution in [3.8, 4) is 22.5 Å². The van der Waals surface area contributed by atoms with E-state index in [4.69, 9.17) is 13.8 Å². The van der Waals surface area contributed by atoms with Gasteiger partial charge in [-0.05, 0) is 75.1 Å². The van der Waals surface area contributed by atoms with Crippen LogP contribution in [0.3, 0.4) is 0 Å². The summed E-state index contributed by atoms with van der Waals surface area (Å²) < 4.78 is 37.9. The van der Waals surface area contributed by atoms with Crippen LogP contribution in [0.5, 0.6) is 0 Å². The molecule has 1 saturated heterocycles. The highest BCUT2D eigenvalue weighted by atomic mass is 32.2. The van der Waals surface area contributed by atoms with Crippen LogP contribution in [-0.2, 0) is 34.1 Å². The number of carbonyl (C=O) groups is 6. The summed E-state index contributed by atoms with van der Waals surface area (Å²) in [6.45, 7) is 8.29. The molecule has 2 aromatic carbocycles. The van der Waals surface area contributed by atoms with E-state index < -0.39 is 76.9 Å². The summed E-state index contributed by atoms with van der Waals surface area (Å²) in [7, 11) is -4.46. The first kappa shape index (κ1) is 41.0. The van der Waals surface area contributed by atoms with Crippen molar-refractivity contribution in [3.63, 3.8) is 0 Å². The average molecular weight is 792 g/mol. The minimum Gasteiger partial charge on any atom is -0.478 e. The van der Waals surface area contributed by atoms with Gasteiger partial charge in [-0.25, -0.2) is 9.59 Å². The van der Waals surface area contributed by atoms with Crippen LogP contribution in [0.1, 0.15) is 71.4 Å². The molecule has 3 aliphatic rings. The predicted octanol–water partition coefficient (Wildman–Crippen LogP) is 3.36. The number of nitrogens with one attached hydrogen (secondary N) is 3. The van der Waals surface area contributed by atoms with E-state index in [2.05, 4.69) is 20.9 Å². The molecule has 2 heterocycles. The molecule has 1 aliphatic carbocycles. The number of carbonyl (C=O) groups excluding carboxylic acids is 5. The van der Waals surface area contributed by atoms with Gasteiger partial charge in [0.25, 0.3) is 27.8 Å². The van der Waals surface area contributed by atoms with Gasteiger partial charge < -0.3 is 30.3 Å².